The third-order valence-electron chi connectivity index (χ3n) is 3.13. The van der Waals surface area contributed by atoms with Crippen LogP contribution in [0.5, 0.6) is 0 Å². The smallest absolute Gasteiger partial charge is 0.336 e. The molecular weight excluding hydrogens is 271 g/mol. The number of carbonyl (C=O) groups is 1. The lowest BCUT2D eigenvalue weighted by Gasteiger charge is -2.10. The van der Waals surface area contributed by atoms with Crippen LogP contribution in [0.2, 0.25) is 0 Å². The molecule has 3 rings (SSSR count). The fourth-order valence-corrected chi connectivity index (χ4v) is 2.17. The molecule has 5 heteroatoms. The number of aromatic nitrogens is 1. The second kappa shape index (κ2) is 5.20. The highest BCUT2D eigenvalue weighted by molar-refractivity contribution is 6.08. The fourth-order valence-electron chi connectivity index (χ4n) is 2.17. The van der Waals surface area contributed by atoms with E-state index in [1.165, 1.54) is 18.2 Å². The van der Waals surface area contributed by atoms with Crippen molar-refractivity contribution in [2.45, 2.75) is 0 Å². The largest absolute Gasteiger partial charge is 0.478 e. The summed E-state index contributed by atoms with van der Waals surface area (Å²) in [7, 11) is 0. The maximum Gasteiger partial charge on any atom is 0.336 e. The van der Waals surface area contributed by atoms with Crippen molar-refractivity contribution >= 4 is 28.2 Å². The third-order valence-corrected chi connectivity index (χ3v) is 3.13. The molecular formula is C16H11FN2O2. The Labute approximate surface area is 119 Å². The van der Waals surface area contributed by atoms with Gasteiger partial charge in [0.05, 0.1) is 5.56 Å². The van der Waals surface area contributed by atoms with Crippen molar-refractivity contribution in [3.05, 3.63) is 66.1 Å². The quantitative estimate of drug-likeness (QED) is 0.766. The molecule has 104 valence electrons. The molecule has 0 unspecified atom stereocenters. The zero-order valence-corrected chi connectivity index (χ0v) is 10.9. The highest BCUT2D eigenvalue weighted by Gasteiger charge is 2.12. The number of fused-ring (bicyclic) bond motifs is 1. The summed E-state index contributed by atoms with van der Waals surface area (Å²) in [6, 6.07) is 12.6. The summed E-state index contributed by atoms with van der Waals surface area (Å²) < 4.78 is 12.9. The van der Waals surface area contributed by atoms with E-state index in [2.05, 4.69) is 10.3 Å². The number of halogens is 1. The normalized spacial score (nSPS) is 10.5. The van der Waals surface area contributed by atoms with Crippen molar-refractivity contribution in [3.8, 4) is 0 Å². The Hall–Kier alpha value is -2.95. The number of benzene rings is 2. The number of hydrogen-bond donors (Lipinski definition) is 2. The molecule has 21 heavy (non-hydrogen) atoms. The number of anilines is 2. The first-order valence-electron chi connectivity index (χ1n) is 6.29. The topological polar surface area (TPSA) is 62.2 Å². The molecule has 0 aliphatic heterocycles. The Kier molecular flexibility index (Phi) is 3.23. The average molecular weight is 282 g/mol. The molecule has 1 aromatic heterocycles. The number of carboxylic acids is 1. The second-order valence-electron chi connectivity index (χ2n) is 4.50. The van der Waals surface area contributed by atoms with Crippen LogP contribution >= 0.6 is 0 Å². The number of nitrogens with zero attached hydrogens (tertiary/aromatic N) is 1. The molecule has 2 aromatic carbocycles. The van der Waals surface area contributed by atoms with Crippen LogP contribution in [0.1, 0.15) is 10.4 Å². The molecule has 1 heterocycles. The molecule has 0 radical (unpaired) electrons. The summed E-state index contributed by atoms with van der Waals surface area (Å²) in [4.78, 5) is 15.6. The van der Waals surface area contributed by atoms with Crippen LogP contribution in [0.3, 0.4) is 0 Å². The minimum atomic E-state index is -1.02. The van der Waals surface area contributed by atoms with Crippen LogP contribution in [0.4, 0.5) is 15.9 Å². The molecule has 0 aliphatic carbocycles. The first kappa shape index (κ1) is 13.1. The van der Waals surface area contributed by atoms with Crippen molar-refractivity contribution in [1.82, 2.24) is 4.98 Å². The van der Waals surface area contributed by atoms with E-state index in [0.29, 0.717) is 16.9 Å². The van der Waals surface area contributed by atoms with Gasteiger partial charge in [0.25, 0.3) is 0 Å². The van der Waals surface area contributed by atoms with Crippen LogP contribution in [0.25, 0.3) is 10.8 Å². The first-order chi connectivity index (χ1) is 10.1. The SMILES string of the molecule is O=C(O)c1cccc2ccnc(Nc3ccc(F)cc3)c12. The van der Waals surface area contributed by atoms with E-state index in [-0.39, 0.29) is 11.4 Å². The van der Waals surface area contributed by atoms with Crippen LogP contribution in [0, 0.1) is 5.82 Å². The van der Waals surface area contributed by atoms with Crippen LogP contribution in [-0.4, -0.2) is 16.1 Å². The van der Waals surface area contributed by atoms with Gasteiger partial charge in [0.1, 0.15) is 11.6 Å². The molecule has 4 nitrogen and oxygen atoms in total. The summed E-state index contributed by atoms with van der Waals surface area (Å²) in [5, 5.41) is 13.6. The van der Waals surface area contributed by atoms with Crippen LogP contribution in [0.15, 0.2) is 54.7 Å². The van der Waals surface area contributed by atoms with E-state index in [1.54, 1.807) is 30.5 Å². The molecule has 0 aliphatic rings. The average Bonchev–Trinajstić information content (AvgIpc) is 2.49. The van der Waals surface area contributed by atoms with Gasteiger partial charge in [-0.2, -0.15) is 0 Å². The predicted molar refractivity (Wildman–Crippen MR) is 78.4 cm³/mol. The summed E-state index contributed by atoms with van der Waals surface area (Å²) >= 11 is 0. The number of rotatable bonds is 3. The number of nitrogens with one attached hydrogen (secondary N) is 1. The van der Waals surface area contributed by atoms with Crippen molar-refractivity contribution in [1.29, 1.82) is 0 Å². The highest BCUT2D eigenvalue weighted by Crippen LogP contribution is 2.27. The molecule has 0 amide bonds. The molecule has 3 aromatic rings. The van der Waals surface area contributed by atoms with Crippen molar-refractivity contribution in [3.63, 3.8) is 0 Å². The fraction of sp³-hybridized carbons (Fsp3) is 0. The van der Waals surface area contributed by atoms with Gasteiger partial charge in [-0.1, -0.05) is 12.1 Å². The molecule has 0 bridgehead atoms. The van der Waals surface area contributed by atoms with Gasteiger partial charge in [-0.05, 0) is 41.8 Å². The Morgan fingerprint density at radius 1 is 1.10 bits per heavy atom. The van der Waals surface area contributed by atoms with Crippen LogP contribution in [-0.2, 0) is 0 Å². The van der Waals surface area contributed by atoms with Gasteiger partial charge in [0.15, 0.2) is 0 Å². The Morgan fingerprint density at radius 2 is 1.86 bits per heavy atom. The van der Waals surface area contributed by atoms with Gasteiger partial charge in [-0.25, -0.2) is 14.2 Å². The standard InChI is InChI=1S/C16H11FN2O2/c17-11-4-6-12(7-5-11)19-15-14-10(8-9-18-15)2-1-3-13(14)16(20)21/h1-9H,(H,18,19)(H,20,21). The van der Waals surface area contributed by atoms with Gasteiger partial charge in [0, 0.05) is 17.3 Å². The van der Waals surface area contributed by atoms with Crippen LogP contribution < -0.4 is 5.32 Å². The second-order valence-corrected chi connectivity index (χ2v) is 4.50. The summed E-state index contributed by atoms with van der Waals surface area (Å²) in [5.41, 5.74) is 0.807. The number of pyridine rings is 1. The van der Waals surface area contributed by atoms with E-state index in [4.69, 9.17) is 0 Å². The maximum atomic E-state index is 12.9. The van der Waals surface area contributed by atoms with E-state index in [1.807, 2.05) is 6.07 Å². The van der Waals surface area contributed by atoms with E-state index < -0.39 is 5.97 Å². The zero-order valence-electron chi connectivity index (χ0n) is 10.9. The zero-order chi connectivity index (χ0) is 14.8. The first-order valence-corrected chi connectivity index (χ1v) is 6.29. The van der Waals surface area contributed by atoms with E-state index >= 15 is 0 Å². The molecule has 0 saturated carbocycles. The molecule has 0 atom stereocenters. The Bertz CT molecular complexity index is 811. The number of carboxylic acid groups (broad SMARTS) is 1. The molecule has 0 saturated heterocycles. The monoisotopic (exact) mass is 282 g/mol. The van der Waals surface area contributed by atoms with Crippen molar-refractivity contribution in [2.75, 3.05) is 5.32 Å². The maximum absolute atomic E-state index is 12.9. The lowest BCUT2D eigenvalue weighted by atomic mass is 10.1. The minimum absolute atomic E-state index is 0.171. The Morgan fingerprint density at radius 3 is 2.57 bits per heavy atom. The molecule has 2 N–H and O–H groups in total. The van der Waals surface area contributed by atoms with Gasteiger partial charge in [-0.15, -0.1) is 0 Å². The Balaban J connectivity index is 2.13. The summed E-state index contributed by atoms with van der Waals surface area (Å²) in [6.07, 6.45) is 1.60. The number of hydrogen-bond acceptors (Lipinski definition) is 3. The van der Waals surface area contributed by atoms with Crippen molar-refractivity contribution < 1.29 is 14.3 Å². The number of aromatic carboxylic acids is 1. The summed E-state index contributed by atoms with van der Waals surface area (Å²) in [6.45, 7) is 0. The minimum Gasteiger partial charge on any atom is -0.478 e. The summed E-state index contributed by atoms with van der Waals surface area (Å²) in [5.74, 6) is -0.925. The van der Waals surface area contributed by atoms with Gasteiger partial charge < -0.3 is 10.4 Å². The lowest BCUT2D eigenvalue weighted by Crippen LogP contribution is -2.01. The van der Waals surface area contributed by atoms with E-state index in [9.17, 15) is 14.3 Å². The van der Waals surface area contributed by atoms with Gasteiger partial charge in [0.2, 0.25) is 0 Å². The predicted octanol–water partition coefficient (Wildman–Crippen LogP) is 3.82. The molecule has 0 spiro atoms. The third kappa shape index (κ3) is 2.53. The highest BCUT2D eigenvalue weighted by atomic mass is 19.1. The lowest BCUT2D eigenvalue weighted by molar-refractivity contribution is 0.0699. The van der Waals surface area contributed by atoms with E-state index in [0.717, 1.165) is 5.39 Å². The van der Waals surface area contributed by atoms with Gasteiger partial charge >= 0.3 is 5.97 Å². The van der Waals surface area contributed by atoms with Gasteiger partial charge in [-0.3, -0.25) is 0 Å². The van der Waals surface area contributed by atoms with Crippen molar-refractivity contribution in [2.24, 2.45) is 0 Å². The molecule has 0 fully saturated rings.